The van der Waals surface area contributed by atoms with Gasteiger partial charge in [-0.2, -0.15) is 0 Å². The molecule has 1 saturated carbocycles. The van der Waals surface area contributed by atoms with Gasteiger partial charge in [0.15, 0.2) is 11.9 Å². The number of rotatable bonds is 7. The largest absolute Gasteiger partial charge is 0.435 e. The standard InChI is InChI=1S/C21H31NO11/c1-11-5-6-15-12(2)18(28-17(24)8-7-16(23)27-13(3)31-22(25)26)29-19-21(15)14(11)9-10-20(4,30-19)32-33-21/h11-15,18-19H,5-10H2,1-4H3/t11-,12-,13?,14+,15+,18+,19-,20-,21-/m1/s1. The van der Waals surface area contributed by atoms with Crippen molar-refractivity contribution in [3.05, 3.63) is 10.1 Å². The third-order valence-electron chi connectivity index (χ3n) is 7.41. The van der Waals surface area contributed by atoms with Gasteiger partial charge in [0.05, 0.1) is 12.8 Å². The molecule has 12 nitrogen and oxygen atoms in total. The molecule has 0 N–H and O–H groups in total. The van der Waals surface area contributed by atoms with Gasteiger partial charge in [-0.25, -0.2) is 9.78 Å². The first kappa shape index (κ1) is 24.1. The summed E-state index contributed by atoms with van der Waals surface area (Å²) in [6.07, 6.45) is -0.108. The molecule has 1 spiro atoms. The molecule has 2 bridgehead atoms. The lowest BCUT2D eigenvalue weighted by atomic mass is 9.58. The first-order valence-corrected chi connectivity index (χ1v) is 11.4. The monoisotopic (exact) mass is 473 g/mol. The first-order valence-electron chi connectivity index (χ1n) is 11.4. The van der Waals surface area contributed by atoms with Crippen LogP contribution in [0.1, 0.15) is 66.2 Å². The fraction of sp³-hybridized carbons (Fsp3) is 0.905. The molecule has 0 aromatic rings. The average molecular weight is 473 g/mol. The molecule has 0 aromatic carbocycles. The summed E-state index contributed by atoms with van der Waals surface area (Å²) in [7, 11) is 0. The van der Waals surface area contributed by atoms with E-state index in [9.17, 15) is 19.7 Å². The van der Waals surface area contributed by atoms with E-state index < -0.39 is 47.3 Å². The second kappa shape index (κ2) is 8.97. The zero-order valence-electron chi connectivity index (χ0n) is 19.2. The second-order valence-electron chi connectivity index (χ2n) is 9.65. The van der Waals surface area contributed by atoms with Crippen molar-refractivity contribution in [2.45, 2.75) is 96.5 Å². The van der Waals surface area contributed by atoms with Gasteiger partial charge in [0.2, 0.25) is 18.4 Å². The van der Waals surface area contributed by atoms with Gasteiger partial charge in [-0.05, 0) is 44.9 Å². The lowest BCUT2D eigenvalue weighted by molar-refractivity contribution is -0.777. The molecule has 0 aromatic heterocycles. The highest BCUT2D eigenvalue weighted by molar-refractivity contribution is 5.77. The molecular weight excluding hydrogens is 442 g/mol. The topological polar surface area (TPSA) is 142 Å². The molecule has 1 aliphatic carbocycles. The van der Waals surface area contributed by atoms with E-state index in [0.29, 0.717) is 12.3 Å². The maximum atomic E-state index is 12.5. The van der Waals surface area contributed by atoms with E-state index >= 15 is 0 Å². The van der Waals surface area contributed by atoms with E-state index in [1.165, 1.54) is 6.92 Å². The number of ether oxygens (including phenoxy) is 4. The van der Waals surface area contributed by atoms with E-state index in [-0.39, 0.29) is 30.6 Å². The quantitative estimate of drug-likeness (QED) is 0.177. The minimum Gasteiger partial charge on any atom is -0.435 e. The van der Waals surface area contributed by atoms with Crippen molar-refractivity contribution in [2.75, 3.05) is 0 Å². The summed E-state index contributed by atoms with van der Waals surface area (Å²) in [4.78, 5) is 50.4. The number of hydrogen-bond acceptors (Lipinski definition) is 11. The maximum absolute atomic E-state index is 12.5. The van der Waals surface area contributed by atoms with Crippen LogP contribution in [0.25, 0.3) is 0 Å². The number of fused-ring (bicyclic) bond motifs is 2. The molecule has 9 atom stereocenters. The van der Waals surface area contributed by atoms with Crippen LogP contribution in [0.3, 0.4) is 0 Å². The molecule has 0 radical (unpaired) electrons. The third-order valence-corrected chi connectivity index (χ3v) is 7.41. The second-order valence-corrected chi connectivity index (χ2v) is 9.65. The number of nitrogens with zero attached hydrogens (tertiary/aromatic N) is 1. The molecule has 5 fully saturated rings. The zero-order valence-corrected chi connectivity index (χ0v) is 19.2. The maximum Gasteiger partial charge on any atom is 0.308 e. The summed E-state index contributed by atoms with van der Waals surface area (Å²) in [6.45, 7) is 7.18. The highest BCUT2D eigenvalue weighted by atomic mass is 17.3. The van der Waals surface area contributed by atoms with Crippen LogP contribution in [-0.4, -0.2) is 47.3 Å². The molecule has 12 heteroatoms. The van der Waals surface area contributed by atoms with Gasteiger partial charge < -0.3 is 18.9 Å². The lowest BCUT2D eigenvalue weighted by Crippen LogP contribution is -2.70. The summed E-state index contributed by atoms with van der Waals surface area (Å²) < 4.78 is 22.7. The van der Waals surface area contributed by atoms with Crippen LogP contribution < -0.4 is 0 Å². The Hall–Kier alpha value is -2.02. The van der Waals surface area contributed by atoms with Crippen molar-refractivity contribution >= 4 is 11.9 Å². The number of hydrogen-bond donors (Lipinski definition) is 0. The summed E-state index contributed by atoms with van der Waals surface area (Å²) in [5, 5.41) is 9.21. The van der Waals surface area contributed by atoms with Crippen molar-refractivity contribution in [3.63, 3.8) is 0 Å². The Morgan fingerprint density at radius 1 is 1.12 bits per heavy atom. The SMILES string of the molecule is CC(OC(=O)CCC(=O)O[C@H]1O[C@@H]2O[C@@]3(C)CC[C@H]4[C@H](C)CC[C@@H]([C@H]1C)[C@@]24OO3)O[N+](=O)[O-]. The predicted molar refractivity (Wildman–Crippen MR) is 106 cm³/mol. The van der Waals surface area contributed by atoms with Crippen LogP contribution in [0.15, 0.2) is 0 Å². The zero-order chi connectivity index (χ0) is 24.0. The van der Waals surface area contributed by atoms with E-state index in [0.717, 1.165) is 19.3 Å². The third kappa shape index (κ3) is 4.53. The molecule has 4 aliphatic heterocycles. The molecule has 186 valence electrons. The molecule has 33 heavy (non-hydrogen) atoms. The smallest absolute Gasteiger partial charge is 0.308 e. The highest BCUT2D eigenvalue weighted by Gasteiger charge is 2.69. The molecule has 1 unspecified atom stereocenters. The van der Waals surface area contributed by atoms with Crippen molar-refractivity contribution in [1.29, 1.82) is 0 Å². The van der Waals surface area contributed by atoms with Crippen molar-refractivity contribution in [1.82, 2.24) is 0 Å². The van der Waals surface area contributed by atoms with Crippen molar-refractivity contribution < 1.29 is 48.2 Å². The van der Waals surface area contributed by atoms with E-state index in [1.54, 1.807) is 0 Å². The Bertz CT molecular complexity index is 792. The Morgan fingerprint density at radius 3 is 2.58 bits per heavy atom. The normalized spacial score (nSPS) is 42.4. The molecular formula is C21H31NO11. The van der Waals surface area contributed by atoms with Crippen LogP contribution >= 0.6 is 0 Å². The van der Waals surface area contributed by atoms with Crippen LogP contribution in [0.4, 0.5) is 0 Å². The van der Waals surface area contributed by atoms with Gasteiger partial charge in [0, 0.05) is 18.3 Å². The minimum absolute atomic E-state index is 0.00277. The van der Waals surface area contributed by atoms with E-state index in [1.807, 2.05) is 13.8 Å². The summed E-state index contributed by atoms with van der Waals surface area (Å²) in [5.74, 6) is -1.96. The molecule has 4 heterocycles. The molecule has 4 saturated heterocycles. The van der Waals surface area contributed by atoms with Crippen LogP contribution in [0, 0.1) is 33.8 Å². The van der Waals surface area contributed by atoms with E-state index in [2.05, 4.69) is 11.8 Å². The highest BCUT2D eigenvalue weighted by Crippen LogP contribution is 2.60. The summed E-state index contributed by atoms with van der Waals surface area (Å²) in [6, 6.07) is 0. The Balaban J connectivity index is 1.39. The lowest BCUT2D eigenvalue weighted by Gasteiger charge is -2.59. The fourth-order valence-corrected chi connectivity index (χ4v) is 5.79. The Kier molecular flexibility index (Phi) is 6.56. The van der Waals surface area contributed by atoms with Crippen LogP contribution in [-0.2, 0) is 43.1 Å². The number of carbonyl (C=O) groups excluding carboxylic acids is 2. The Labute approximate surface area is 191 Å². The van der Waals surface area contributed by atoms with Crippen LogP contribution in [0.5, 0.6) is 0 Å². The van der Waals surface area contributed by atoms with Crippen LogP contribution in [0.2, 0.25) is 0 Å². The predicted octanol–water partition coefficient (Wildman–Crippen LogP) is 2.62. The molecule has 0 amide bonds. The van der Waals surface area contributed by atoms with Gasteiger partial charge in [0.1, 0.15) is 0 Å². The van der Waals surface area contributed by atoms with Gasteiger partial charge in [0.25, 0.3) is 5.09 Å². The molecule has 5 aliphatic rings. The van der Waals surface area contributed by atoms with Crippen molar-refractivity contribution in [2.24, 2.45) is 23.7 Å². The van der Waals surface area contributed by atoms with Gasteiger partial charge >= 0.3 is 11.9 Å². The first-order chi connectivity index (χ1) is 15.5. The summed E-state index contributed by atoms with van der Waals surface area (Å²) in [5.41, 5.74) is -0.757. The average Bonchev–Trinajstić information content (AvgIpc) is 2.95. The Morgan fingerprint density at radius 2 is 1.85 bits per heavy atom. The van der Waals surface area contributed by atoms with Gasteiger partial charge in [-0.15, -0.1) is 10.1 Å². The molecule has 5 rings (SSSR count). The van der Waals surface area contributed by atoms with Gasteiger partial charge in [-0.1, -0.05) is 13.8 Å². The van der Waals surface area contributed by atoms with E-state index in [4.69, 9.17) is 28.7 Å². The summed E-state index contributed by atoms with van der Waals surface area (Å²) >= 11 is 0. The minimum atomic E-state index is -1.37. The van der Waals surface area contributed by atoms with Gasteiger partial charge in [-0.3, -0.25) is 14.4 Å². The van der Waals surface area contributed by atoms with Crippen molar-refractivity contribution in [3.8, 4) is 0 Å². The number of carbonyl (C=O) groups is 2. The number of esters is 2. The fourth-order valence-electron chi connectivity index (χ4n) is 5.79.